The zero-order valence-corrected chi connectivity index (χ0v) is 20.0. The summed E-state index contributed by atoms with van der Waals surface area (Å²) in [7, 11) is -3.58. The summed E-state index contributed by atoms with van der Waals surface area (Å²) in [4.78, 5) is 12.8. The number of alkyl halides is 3. The quantitative estimate of drug-likeness (QED) is 0.408. The van der Waals surface area contributed by atoms with Crippen molar-refractivity contribution in [1.29, 1.82) is 0 Å². The molecule has 2 heterocycles. The Kier molecular flexibility index (Phi) is 6.36. The van der Waals surface area contributed by atoms with E-state index in [1.54, 1.807) is 43.3 Å². The van der Waals surface area contributed by atoms with Gasteiger partial charge in [0.05, 0.1) is 41.8 Å². The molecule has 1 unspecified atom stereocenters. The molecule has 13 heteroatoms. The van der Waals surface area contributed by atoms with Gasteiger partial charge >= 0.3 is 6.18 Å². The number of aromatic nitrogens is 4. The Labute approximate surface area is 203 Å². The fraction of sp³-hybridized carbons (Fsp3) is 0.227. The maximum absolute atomic E-state index is 13.3. The highest BCUT2D eigenvalue weighted by atomic mass is 35.5. The number of nitrogens with zero attached hydrogens (tertiary/aromatic N) is 4. The van der Waals surface area contributed by atoms with Crippen molar-refractivity contribution in [2.24, 2.45) is 0 Å². The van der Waals surface area contributed by atoms with Gasteiger partial charge in [-0.25, -0.2) is 13.1 Å². The molecule has 0 aliphatic rings. The maximum atomic E-state index is 13.3. The van der Waals surface area contributed by atoms with Crippen molar-refractivity contribution in [1.82, 2.24) is 24.3 Å². The van der Waals surface area contributed by atoms with E-state index >= 15 is 0 Å². The molecule has 35 heavy (non-hydrogen) atoms. The first-order valence-corrected chi connectivity index (χ1v) is 12.5. The maximum Gasteiger partial charge on any atom is 0.435 e. The second-order valence-electron chi connectivity index (χ2n) is 7.92. The molecular weight excluding hydrogens is 507 g/mol. The Morgan fingerprint density at radius 1 is 1.17 bits per heavy atom. The molecule has 2 aromatic carbocycles. The second-order valence-corrected chi connectivity index (χ2v) is 10.2. The van der Waals surface area contributed by atoms with E-state index in [4.69, 9.17) is 11.6 Å². The lowest BCUT2D eigenvalue weighted by Gasteiger charge is -2.14. The summed E-state index contributed by atoms with van der Waals surface area (Å²) in [5, 5.41) is 11.0. The van der Waals surface area contributed by atoms with Crippen molar-refractivity contribution >= 4 is 38.4 Å². The van der Waals surface area contributed by atoms with Gasteiger partial charge in [0.1, 0.15) is 0 Å². The molecule has 0 fully saturated rings. The van der Waals surface area contributed by atoms with Crippen molar-refractivity contribution in [2.45, 2.75) is 25.6 Å². The molecule has 0 aliphatic heterocycles. The number of nitrogens with one attached hydrogen (secondary N) is 1. The van der Waals surface area contributed by atoms with Crippen molar-refractivity contribution < 1.29 is 26.4 Å². The van der Waals surface area contributed by atoms with E-state index < -0.39 is 33.7 Å². The smallest absolute Gasteiger partial charge is 0.350 e. The van der Waals surface area contributed by atoms with Gasteiger partial charge in [-0.05, 0) is 48.9 Å². The number of halogens is 4. The van der Waals surface area contributed by atoms with Crippen LogP contribution in [0.4, 0.5) is 13.2 Å². The van der Waals surface area contributed by atoms with Gasteiger partial charge in [-0.1, -0.05) is 23.7 Å². The number of amides is 1. The average Bonchev–Trinajstić information content (AvgIpc) is 3.40. The van der Waals surface area contributed by atoms with Gasteiger partial charge in [-0.2, -0.15) is 27.5 Å². The SMILES string of the molecule is CC(C(=O)NCc1cc(C(F)(F)F)nn1-c1cccc(Cl)c1)c1ccc2c(cnn2S(C)(=O)=O)c1. The van der Waals surface area contributed by atoms with Crippen LogP contribution in [0.25, 0.3) is 16.6 Å². The molecule has 0 bridgehead atoms. The highest BCUT2D eigenvalue weighted by molar-refractivity contribution is 7.89. The molecular formula is C22H19ClF3N5O3S. The fourth-order valence-electron chi connectivity index (χ4n) is 3.56. The molecule has 4 rings (SSSR count). The highest BCUT2D eigenvalue weighted by Gasteiger charge is 2.35. The molecule has 0 saturated heterocycles. The first-order chi connectivity index (χ1) is 16.3. The van der Waals surface area contributed by atoms with Crippen LogP contribution < -0.4 is 5.32 Å². The van der Waals surface area contributed by atoms with Crippen LogP contribution >= 0.6 is 11.6 Å². The van der Waals surface area contributed by atoms with E-state index in [1.165, 1.54) is 12.3 Å². The molecule has 1 atom stereocenters. The first-order valence-electron chi connectivity index (χ1n) is 10.2. The lowest BCUT2D eigenvalue weighted by molar-refractivity contribution is -0.141. The molecule has 1 N–H and O–H groups in total. The van der Waals surface area contributed by atoms with Gasteiger partial charge < -0.3 is 5.32 Å². The number of hydrogen-bond acceptors (Lipinski definition) is 5. The minimum atomic E-state index is -4.66. The predicted molar refractivity (Wildman–Crippen MR) is 124 cm³/mol. The molecule has 4 aromatic rings. The van der Waals surface area contributed by atoms with Crippen LogP contribution in [0.2, 0.25) is 5.02 Å². The van der Waals surface area contributed by atoms with E-state index in [1.807, 2.05) is 0 Å². The lowest BCUT2D eigenvalue weighted by Crippen LogP contribution is -2.28. The van der Waals surface area contributed by atoms with Crippen LogP contribution in [0, 0.1) is 0 Å². The van der Waals surface area contributed by atoms with Crippen LogP contribution in [-0.2, 0) is 27.5 Å². The van der Waals surface area contributed by atoms with Crippen LogP contribution in [0.5, 0.6) is 0 Å². The Hall–Kier alpha value is -3.38. The van der Waals surface area contributed by atoms with E-state index in [2.05, 4.69) is 15.5 Å². The molecule has 8 nitrogen and oxygen atoms in total. The van der Waals surface area contributed by atoms with Crippen molar-refractivity contribution in [2.75, 3.05) is 6.26 Å². The van der Waals surface area contributed by atoms with Gasteiger partial charge in [0, 0.05) is 10.4 Å². The molecule has 184 valence electrons. The van der Waals surface area contributed by atoms with E-state index in [9.17, 15) is 26.4 Å². The van der Waals surface area contributed by atoms with Crippen molar-refractivity contribution in [3.05, 3.63) is 76.7 Å². The van der Waals surface area contributed by atoms with Gasteiger partial charge in [-0.15, -0.1) is 0 Å². The third kappa shape index (κ3) is 5.17. The number of rotatable bonds is 6. The normalized spacial score (nSPS) is 13.2. The summed E-state index contributed by atoms with van der Waals surface area (Å²) < 4.78 is 65.5. The van der Waals surface area contributed by atoms with Crippen LogP contribution in [0.15, 0.2) is 54.7 Å². The first kappa shape index (κ1) is 24.7. The largest absolute Gasteiger partial charge is 0.435 e. The zero-order chi connectivity index (χ0) is 25.5. The predicted octanol–water partition coefficient (Wildman–Crippen LogP) is 4.12. The molecule has 1 amide bonds. The molecule has 0 radical (unpaired) electrons. The van der Waals surface area contributed by atoms with Crippen LogP contribution in [0.1, 0.15) is 29.8 Å². The van der Waals surface area contributed by atoms with Gasteiger partial charge in [-0.3, -0.25) is 4.79 Å². The molecule has 2 aromatic heterocycles. The van der Waals surface area contributed by atoms with E-state index in [-0.39, 0.29) is 12.2 Å². The second kappa shape index (κ2) is 9.00. The molecule has 0 spiro atoms. The topological polar surface area (TPSA) is 98.9 Å². The third-order valence-corrected chi connectivity index (χ3v) is 6.49. The minimum Gasteiger partial charge on any atom is -0.350 e. The van der Waals surface area contributed by atoms with Crippen molar-refractivity contribution in [3.63, 3.8) is 0 Å². The van der Waals surface area contributed by atoms with Gasteiger partial charge in [0.2, 0.25) is 5.91 Å². The number of hydrogen-bond donors (Lipinski definition) is 1. The van der Waals surface area contributed by atoms with Gasteiger partial charge in [0.15, 0.2) is 5.69 Å². The Balaban J connectivity index is 1.57. The van der Waals surface area contributed by atoms with Crippen molar-refractivity contribution in [3.8, 4) is 5.69 Å². The number of fused-ring (bicyclic) bond motifs is 1. The summed E-state index contributed by atoms with van der Waals surface area (Å²) in [6.45, 7) is 1.42. The van der Waals surface area contributed by atoms with E-state index in [0.717, 1.165) is 21.1 Å². The number of carbonyl (C=O) groups is 1. The summed E-state index contributed by atoms with van der Waals surface area (Å²) in [5.74, 6) is -1.11. The zero-order valence-electron chi connectivity index (χ0n) is 18.4. The Morgan fingerprint density at radius 3 is 2.57 bits per heavy atom. The fourth-order valence-corrected chi connectivity index (χ4v) is 4.49. The standard InChI is InChI=1S/C22H19ClF3N5O3S/c1-13(14-6-7-19-15(8-14)11-28-31(19)35(2,33)34)21(32)27-12-18-10-20(22(24,25)26)29-30(18)17-5-3-4-16(23)9-17/h3-11,13H,12H2,1-2H3,(H,27,32). The number of carbonyl (C=O) groups excluding carboxylic acids is 1. The summed E-state index contributed by atoms with van der Waals surface area (Å²) in [5.41, 5.74) is 0.295. The van der Waals surface area contributed by atoms with Crippen LogP contribution in [-0.4, -0.2) is 39.5 Å². The summed E-state index contributed by atoms with van der Waals surface area (Å²) in [6.07, 6.45) is -2.25. The Morgan fingerprint density at radius 2 is 1.91 bits per heavy atom. The summed E-state index contributed by atoms with van der Waals surface area (Å²) in [6, 6.07) is 11.9. The molecule has 0 aliphatic carbocycles. The lowest BCUT2D eigenvalue weighted by atomic mass is 9.99. The monoisotopic (exact) mass is 525 g/mol. The third-order valence-electron chi connectivity index (χ3n) is 5.34. The summed E-state index contributed by atoms with van der Waals surface area (Å²) >= 11 is 5.98. The molecule has 0 saturated carbocycles. The Bertz CT molecular complexity index is 1530. The van der Waals surface area contributed by atoms with Crippen LogP contribution in [0.3, 0.4) is 0 Å². The van der Waals surface area contributed by atoms with Gasteiger partial charge in [0.25, 0.3) is 10.0 Å². The average molecular weight is 526 g/mol. The number of benzene rings is 2. The minimum absolute atomic E-state index is 0.116. The van der Waals surface area contributed by atoms with E-state index in [0.29, 0.717) is 27.2 Å². The highest BCUT2D eigenvalue weighted by Crippen LogP contribution is 2.30.